The molecule has 0 spiro atoms. The molecule has 0 saturated heterocycles. The number of carbonyl (C=O) groups is 1. The number of pyridine rings is 1. The van der Waals surface area contributed by atoms with Crippen LogP contribution in [0.3, 0.4) is 0 Å². The molecule has 0 radical (unpaired) electrons. The van der Waals surface area contributed by atoms with Crippen LogP contribution in [0.15, 0.2) is 48.5 Å². The molecular formula is C17H12FNO2. The van der Waals surface area contributed by atoms with Gasteiger partial charge in [0.25, 0.3) is 0 Å². The fourth-order valence-corrected chi connectivity index (χ4v) is 2.14. The number of halogens is 1. The van der Waals surface area contributed by atoms with Crippen molar-refractivity contribution in [2.75, 3.05) is 0 Å². The number of rotatable bonds is 3. The highest BCUT2D eigenvalue weighted by Crippen LogP contribution is 2.32. The van der Waals surface area contributed by atoms with Gasteiger partial charge in [-0.25, -0.2) is 9.37 Å². The predicted molar refractivity (Wildman–Crippen MR) is 78.3 cm³/mol. The summed E-state index contributed by atoms with van der Waals surface area (Å²) in [4.78, 5) is 15.4. The molecule has 4 heteroatoms. The van der Waals surface area contributed by atoms with Crippen LogP contribution in [-0.2, 0) is 0 Å². The van der Waals surface area contributed by atoms with Gasteiger partial charge in [-0.3, -0.25) is 4.79 Å². The van der Waals surface area contributed by atoms with Crippen molar-refractivity contribution < 1.29 is 13.9 Å². The summed E-state index contributed by atoms with van der Waals surface area (Å²) in [5, 5.41) is 0.891. The van der Waals surface area contributed by atoms with Crippen molar-refractivity contribution in [3.63, 3.8) is 0 Å². The number of para-hydroxylation sites is 2. The minimum Gasteiger partial charge on any atom is -0.451 e. The molecule has 3 nitrogen and oxygen atoms in total. The van der Waals surface area contributed by atoms with Gasteiger partial charge in [0, 0.05) is 11.1 Å². The average molecular weight is 281 g/mol. The molecule has 0 amide bonds. The maximum Gasteiger partial charge on any atom is 0.173 e. The van der Waals surface area contributed by atoms with Crippen molar-refractivity contribution in [2.45, 2.75) is 6.92 Å². The van der Waals surface area contributed by atoms with Gasteiger partial charge >= 0.3 is 0 Å². The SMILES string of the molecule is Cc1ccc2cccc(Oc3c(F)cccc3C=O)c2n1. The number of hydrogen-bond donors (Lipinski definition) is 0. The molecule has 0 saturated carbocycles. The molecule has 0 N–H and O–H groups in total. The molecule has 2 aromatic carbocycles. The third-order valence-electron chi connectivity index (χ3n) is 3.16. The highest BCUT2D eigenvalue weighted by molar-refractivity contribution is 5.85. The highest BCUT2D eigenvalue weighted by atomic mass is 19.1. The Kier molecular flexibility index (Phi) is 3.36. The van der Waals surface area contributed by atoms with Gasteiger partial charge in [-0.2, -0.15) is 0 Å². The molecule has 0 unspecified atom stereocenters. The molecule has 3 aromatic rings. The molecule has 0 fully saturated rings. The number of aryl methyl sites for hydroxylation is 1. The van der Waals surface area contributed by atoms with E-state index in [1.165, 1.54) is 18.2 Å². The summed E-state index contributed by atoms with van der Waals surface area (Å²) in [7, 11) is 0. The number of carbonyl (C=O) groups excluding carboxylic acids is 1. The Balaban J connectivity index is 2.15. The van der Waals surface area contributed by atoms with Crippen molar-refractivity contribution in [1.82, 2.24) is 4.98 Å². The molecule has 21 heavy (non-hydrogen) atoms. The Morgan fingerprint density at radius 3 is 2.71 bits per heavy atom. The Labute approximate surface area is 121 Å². The van der Waals surface area contributed by atoms with E-state index in [9.17, 15) is 9.18 Å². The summed E-state index contributed by atoms with van der Waals surface area (Å²) < 4.78 is 19.5. The summed E-state index contributed by atoms with van der Waals surface area (Å²) in [5.41, 5.74) is 1.64. The Morgan fingerprint density at radius 2 is 1.90 bits per heavy atom. The van der Waals surface area contributed by atoms with Gasteiger partial charge in [-0.15, -0.1) is 0 Å². The van der Waals surface area contributed by atoms with Gasteiger partial charge in [-0.1, -0.05) is 24.3 Å². The molecule has 104 valence electrons. The predicted octanol–water partition coefficient (Wildman–Crippen LogP) is 4.29. The number of benzene rings is 2. The quantitative estimate of drug-likeness (QED) is 0.672. The molecular weight excluding hydrogens is 269 g/mol. The second kappa shape index (κ2) is 5.32. The Bertz CT molecular complexity index is 830. The van der Waals surface area contributed by atoms with E-state index in [4.69, 9.17) is 4.74 Å². The first-order valence-electron chi connectivity index (χ1n) is 6.47. The number of nitrogens with zero attached hydrogens (tertiary/aromatic N) is 1. The molecule has 1 aromatic heterocycles. The minimum atomic E-state index is -0.579. The van der Waals surface area contributed by atoms with Crippen LogP contribution < -0.4 is 4.74 Å². The van der Waals surface area contributed by atoms with Crippen molar-refractivity contribution in [3.05, 3.63) is 65.6 Å². The maximum absolute atomic E-state index is 13.9. The normalized spacial score (nSPS) is 10.6. The van der Waals surface area contributed by atoms with Crippen molar-refractivity contribution in [2.24, 2.45) is 0 Å². The molecule has 0 aliphatic carbocycles. The third-order valence-corrected chi connectivity index (χ3v) is 3.16. The summed E-state index contributed by atoms with van der Waals surface area (Å²) in [6.45, 7) is 1.87. The first-order chi connectivity index (χ1) is 10.2. The van der Waals surface area contributed by atoms with E-state index in [2.05, 4.69) is 4.98 Å². The van der Waals surface area contributed by atoms with Crippen LogP contribution in [-0.4, -0.2) is 11.3 Å². The average Bonchev–Trinajstić information content (AvgIpc) is 2.49. The minimum absolute atomic E-state index is 0.0803. The molecule has 0 bridgehead atoms. The van der Waals surface area contributed by atoms with E-state index in [0.717, 1.165) is 11.1 Å². The lowest BCUT2D eigenvalue weighted by Gasteiger charge is -2.11. The maximum atomic E-state index is 13.9. The van der Waals surface area contributed by atoms with Crippen LogP contribution in [0.1, 0.15) is 16.1 Å². The lowest BCUT2D eigenvalue weighted by atomic mass is 10.2. The fraction of sp³-hybridized carbons (Fsp3) is 0.0588. The van der Waals surface area contributed by atoms with E-state index in [1.807, 2.05) is 25.1 Å². The Hall–Kier alpha value is -2.75. The molecule has 1 heterocycles. The topological polar surface area (TPSA) is 39.2 Å². The number of hydrogen-bond acceptors (Lipinski definition) is 3. The van der Waals surface area contributed by atoms with Gasteiger partial charge in [-0.05, 0) is 31.2 Å². The van der Waals surface area contributed by atoms with E-state index in [0.29, 0.717) is 17.6 Å². The van der Waals surface area contributed by atoms with Gasteiger partial charge in [0.2, 0.25) is 0 Å². The first-order valence-corrected chi connectivity index (χ1v) is 6.47. The molecule has 3 rings (SSSR count). The van der Waals surface area contributed by atoms with Crippen molar-refractivity contribution in [1.29, 1.82) is 0 Å². The summed E-state index contributed by atoms with van der Waals surface area (Å²) in [6.07, 6.45) is 0.572. The second-order valence-corrected chi connectivity index (χ2v) is 4.66. The second-order valence-electron chi connectivity index (χ2n) is 4.66. The van der Waals surface area contributed by atoms with E-state index in [-0.39, 0.29) is 11.3 Å². The van der Waals surface area contributed by atoms with Gasteiger partial charge in [0.1, 0.15) is 5.52 Å². The van der Waals surface area contributed by atoms with Crippen LogP contribution in [0.5, 0.6) is 11.5 Å². The van der Waals surface area contributed by atoms with Crippen LogP contribution in [0.2, 0.25) is 0 Å². The van der Waals surface area contributed by atoms with E-state index < -0.39 is 5.82 Å². The lowest BCUT2D eigenvalue weighted by Crippen LogP contribution is -1.95. The molecule has 0 atom stereocenters. The summed E-state index contributed by atoms with van der Waals surface area (Å²) >= 11 is 0. The van der Waals surface area contributed by atoms with Gasteiger partial charge in [0.15, 0.2) is 23.6 Å². The summed E-state index contributed by atoms with van der Waals surface area (Å²) in [5.74, 6) is -0.239. The van der Waals surface area contributed by atoms with Crippen molar-refractivity contribution in [3.8, 4) is 11.5 Å². The fourth-order valence-electron chi connectivity index (χ4n) is 2.14. The van der Waals surface area contributed by atoms with Crippen molar-refractivity contribution >= 4 is 17.2 Å². The number of fused-ring (bicyclic) bond motifs is 1. The number of aromatic nitrogens is 1. The lowest BCUT2D eigenvalue weighted by molar-refractivity contribution is 0.112. The highest BCUT2D eigenvalue weighted by Gasteiger charge is 2.12. The number of ether oxygens (including phenoxy) is 1. The third kappa shape index (κ3) is 2.48. The van der Waals surface area contributed by atoms with Crippen LogP contribution in [0.25, 0.3) is 10.9 Å². The standard InChI is InChI=1S/C17H12FNO2/c1-11-8-9-12-4-3-7-15(16(12)19-11)21-17-13(10-20)5-2-6-14(17)18/h2-10H,1H3. The van der Waals surface area contributed by atoms with E-state index >= 15 is 0 Å². The number of aldehydes is 1. The van der Waals surface area contributed by atoms with Crippen LogP contribution >= 0.6 is 0 Å². The zero-order valence-corrected chi connectivity index (χ0v) is 11.3. The van der Waals surface area contributed by atoms with Gasteiger partial charge < -0.3 is 4.74 Å². The van der Waals surface area contributed by atoms with Crippen LogP contribution in [0, 0.1) is 12.7 Å². The first kappa shape index (κ1) is 13.2. The van der Waals surface area contributed by atoms with Gasteiger partial charge in [0.05, 0.1) is 5.56 Å². The van der Waals surface area contributed by atoms with Crippen LogP contribution in [0.4, 0.5) is 4.39 Å². The monoisotopic (exact) mass is 281 g/mol. The Morgan fingerprint density at radius 1 is 1.10 bits per heavy atom. The zero-order valence-electron chi connectivity index (χ0n) is 11.3. The smallest absolute Gasteiger partial charge is 0.173 e. The molecule has 0 aliphatic rings. The summed E-state index contributed by atoms with van der Waals surface area (Å²) in [6, 6.07) is 13.5. The zero-order chi connectivity index (χ0) is 14.8. The van der Waals surface area contributed by atoms with E-state index in [1.54, 1.807) is 12.1 Å². The molecule has 0 aliphatic heterocycles. The largest absolute Gasteiger partial charge is 0.451 e.